The number of hydrogen-bond donors (Lipinski definition) is 1. The van der Waals surface area contributed by atoms with Crippen molar-refractivity contribution in [2.75, 3.05) is 19.8 Å². The summed E-state index contributed by atoms with van der Waals surface area (Å²) in [6.45, 7) is 3.09. The van der Waals surface area contributed by atoms with Crippen LogP contribution in [0.2, 0.25) is 0 Å². The number of ether oxygens (including phenoxy) is 1. The smallest absolute Gasteiger partial charge is 0.170 e. The molecule has 1 heterocycles. The van der Waals surface area contributed by atoms with Crippen LogP contribution < -0.4 is 5.32 Å². The summed E-state index contributed by atoms with van der Waals surface area (Å²) in [7, 11) is 0. The zero-order valence-electron chi connectivity index (χ0n) is 11.4. The van der Waals surface area contributed by atoms with E-state index in [-0.39, 0.29) is 0 Å². The fraction of sp³-hybridized carbons (Fsp3) is 0.500. The van der Waals surface area contributed by atoms with Gasteiger partial charge in [-0.3, -0.25) is 0 Å². The van der Waals surface area contributed by atoms with Crippen molar-refractivity contribution in [3.05, 3.63) is 36.2 Å². The third-order valence-corrected chi connectivity index (χ3v) is 3.29. The van der Waals surface area contributed by atoms with Crippen molar-refractivity contribution in [1.29, 1.82) is 0 Å². The molecule has 0 atom stereocenters. The van der Waals surface area contributed by atoms with E-state index in [1.165, 1.54) is 12.8 Å². The zero-order chi connectivity index (χ0) is 13.6. The SMILES string of the molecule is c1ccc(-n2nnnc2CNCCOCC2CC2)cc1. The molecule has 1 aromatic heterocycles. The third kappa shape index (κ3) is 3.61. The van der Waals surface area contributed by atoms with Gasteiger partial charge < -0.3 is 10.1 Å². The molecule has 0 bridgehead atoms. The Hall–Kier alpha value is -1.79. The van der Waals surface area contributed by atoms with E-state index < -0.39 is 0 Å². The highest BCUT2D eigenvalue weighted by molar-refractivity contribution is 5.30. The highest BCUT2D eigenvalue weighted by Crippen LogP contribution is 2.28. The second-order valence-electron chi connectivity index (χ2n) is 5.04. The van der Waals surface area contributed by atoms with Crippen molar-refractivity contribution in [2.24, 2.45) is 5.92 Å². The van der Waals surface area contributed by atoms with Gasteiger partial charge in [0, 0.05) is 13.2 Å². The lowest BCUT2D eigenvalue weighted by Crippen LogP contribution is -2.22. The van der Waals surface area contributed by atoms with E-state index in [1.54, 1.807) is 4.68 Å². The Morgan fingerprint density at radius 2 is 2.10 bits per heavy atom. The molecular formula is C14H19N5O. The van der Waals surface area contributed by atoms with Gasteiger partial charge in [-0.15, -0.1) is 5.10 Å². The summed E-state index contributed by atoms with van der Waals surface area (Å²) in [6, 6.07) is 9.89. The van der Waals surface area contributed by atoms with Crippen LogP contribution >= 0.6 is 0 Å². The number of para-hydroxylation sites is 1. The third-order valence-electron chi connectivity index (χ3n) is 3.29. The van der Waals surface area contributed by atoms with Crippen molar-refractivity contribution in [2.45, 2.75) is 19.4 Å². The molecule has 1 aliphatic rings. The average molecular weight is 273 g/mol. The van der Waals surface area contributed by atoms with Crippen LogP contribution in [0.1, 0.15) is 18.7 Å². The Labute approximate surface area is 118 Å². The molecule has 0 saturated heterocycles. The van der Waals surface area contributed by atoms with Crippen molar-refractivity contribution in [3.63, 3.8) is 0 Å². The van der Waals surface area contributed by atoms with Crippen LogP contribution in [0.15, 0.2) is 30.3 Å². The number of tetrazole rings is 1. The molecule has 0 aliphatic heterocycles. The van der Waals surface area contributed by atoms with Gasteiger partial charge in [0.25, 0.3) is 0 Å². The molecule has 1 fully saturated rings. The fourth-order valence-corrected chi connectivity index (χ4v) is 1.96. The summed E-state index contributed by atoms with van der Waals surface area (Å²) in [4.78, 5) is 0. The molecule has 1 N–H and O–H groups in total. The van der Waals surface area contributed by atoms with Crippen LogP contribution in [0, 0.1) is 5.92 Å². The number of benzene rings is 1. The Morgan fingerprint density at radius 1 is 1.25 bits per heavy atom. The van der Waals surface area contributed by atoms with Crippen molar-refractivity contribution in [3.8, 4) is 5.69 Å². The molecule has 1 aliphatic carbocycles. The first-order valence-corrected chi connectivity index (χ1v) is 7.04. The largest absolute Gasteiger partial charge is 0.380 e. The van der Waals surface area contributed by atoms with Gasteiger partial charge in [-0.2, -0.15) is 4.68 Å². The molecule has 1 saturated carbocycles. The molecule has 0 unspecified atom stereocenters. The Morgan fingerprint density at radius 3 is 2.90 bits per heavy atom. The van der Waals surface area contributed by atoms with Gasteiger partial charge >= 0.3 is 0 Å². The van der Waals surface area contributed by atoms with E-state index >= 15 is 0 Å². The van der Waals surface area contributed by atoms with E-state index in [4.69, 9.17) is 4.74 Å². The molecule has 6 heteroatoms. The molecule has 0 spiro atoms. The van der Waals surface area contributed by atoms with Gasteiger partial charge in [-0.05, 0) is 41.3 Å². The van der Waals surface area contributed by atoms with Crippen LogP contribution in [-0.2, 0) is 11.3 Å². The highest BCUT2D eigenvalue weighted by Gasteiger charge is 2.20. The number of nitrogens with zero attached hydrogens (tertiary/aromatic N) is 4. The molecule has 1 aromatic carbocycles. The summed E-state index contributed by atoms with van der Waals surface area (Å²) < 4.78 is 7.32. The zero-order valence-corrected chi connectivity index (χ0v) is 11.4. The second kappa shape index (κ2) is 6.58. The Balaban J connectivity index is 1.44. The fourth-order valence-electron chi connectivity index (χ4n) is 1.96. The average Bonchev–Trinajstić information content (AvgIpc) is 3.20. The van der Waals surface area contributed by atoms with Gasteiger partial charge in [0.2, 0.25) is 0 Å². The quantitative estimate of drug-likeness (QED) is 0.732. The van der Waals surface area contributed by atoms with Crippen LogP contribution in [0.25, 0.3) is 5.69 Å². The first kappa shape index (κ1) is 13.2. The van der Waals surface area contributed by atoms with Gasteiger partial charge in [0.05, 0.1) is 18.8 Å². The Bertz CT molecular complexity index is 523. The minimum absolute atomic E-state index is 0.634. The lowest BCUT2D eigenvalue weighted by molar-refractivity contribution is 0.126. The van der Waals surface area contributed by atoms with Crippen molar-refractivity contribution < 1.29 is 4.74 Å². The molecule has 0 amide bonds. The minimum atomic E-state index is 0.634. The Kier molecular flexibility index (Phi) is 4.35. The number of rotatable bonds is 8. The molecule has 3 rings (SSSR count). The van der Waals surface area contributed by atoms with E-state index in [0.29, 0.717) is 6.54 Å². The van der Waals surface area contributed by atoms with Crippen LogP contribution in [0.4, 0.5) is 0 Å². The van der Waals surface area contributed by atoms with Crippen LogP contribution in [-0.4, -0.2) is 40.0 Å². The van der Waals surface area contributed by atoms with E-state index in [1.807, 2.05) is 30.3 Å². The number of hydrogen-bond acceptors (Lipinski definition) is 5. The topological polar surface area (TPSA) is 64.9 Å². The maximum Gasteiger partial charge on any atom is 0.170 e. The summed E-state index contributed by atoms with van der Waals surface area (Å²) >= 11 is 0. The first-order chi connectivity index (χ1) is 9.93. The maximum atomic E-state index is 5.57. The predicted molar refractivity (Wildman–Crippen MR) is 74.4 cm³/mol. The summed E-state index contributed by atoms with van der Waals surface area (Å²) in [6.07, 6.45) is 2.67. The summed E-state index contributed by atoms with van der Waals surface area (Å²) in [5.41, 5.74) is 0.972. The summed E-state index contributed by atoms with van der Waals surface area (Å²) in [5.74, 6) is 1.62. The van der Waals surface area contributed by atoms with Gasteiger partial charge in [0.1, 0.15) is 0 Å². The molecule has 6 nitrogen and oxygen atoms in total. The van der Waals surface area contributed by atoms with E-state index in [0.717, 1.165) is 37.2 Å². The molecular weight excluding hydrogens is 254 g/mol. The predicted octanol–water partition coefficient (Wildman–Crippen LogP) is 1.18. The van der Waals surface area contributed by atoms with Gasteiger partial charge in [-0.25, -0.2) is 0 Å². The number of nitrogens with one attached hydrogen (secondary N) is 1. The molecule has 106 valence electrons. The van der Waals surface area contributed by atoms with E-state index in [9.17, 15) is 0 Å². The van der Waals surface area contributed by atoms with E-state index in [2.05, 4.69) is 20.8 Å². The standard InChI is InChI=1S/C14H19N5O/c1-2-4-13(5-3-1)19-14(16-17-18-19)10-15-8-9-20-11-12-6-7-12/h1-5,12,15H,6-11H2. The lowest BCUT2D eigenvalue weighted by Gasteiger charge is -2.06. The van der Waals surface area contributed by atoms with Crippen LogP contribution in [0.5, 0.6) is 0 Å². The van der Waals surface area contributed by atoms with Crippen molar-refractivity contribution in [1.82, 2.24) is 25.5 Å². The second-order valence-corrected chi connectivity index (χ2v) is 5.04. The maximum absolute atomic E-state index is 5.57. The van der Waals surface area contributed by atoms with Crippen LogP contribution in [0.3, 0.4) is 0 Å². The monoisotopic (exact) mass is 273 g/mol. The normalized spacial score (nSPS) is 14.6. The molecule has 0 radical (unpaired) electrons. The van der Waals surface area contributed by atoms with Gasteiger partial charge in [0.15, 0.2) is 5.82 Å². The molecule has 2 aromatic rings. The highest BCUT2D eigenvalue weighted by atomic mass is 16.5. The lowest BCUT2D eigenvalue weighted by atomic mass is 10.3. The number of aromatic nitrogens is 4. The molecule has 20 heavy (non-hydrogen) atoms. The van der Waals surface area contributed by atoms with Crippen molar-refractivity contribution >= 4 is 0 Å². The van der Waals surface area contributed by atoms with Gasteiger partial charge in [-0.1, -0.05) is 18.2 Å². The first-order valence-electron chi connectivity index (χ1n) is 7.04. The minimum Gasteiger partial charge on any atom is -0.380 e. The summed E-state index contributed by atoms with van der Waals surface area (Å²) in [5, 5.41) is 15.1.